The Morgan fingerprint density at radius 2 is 1.86 bits per heavy atom. The number of benzene rings is 2. The van der Waals surface area contributed by atoms with Gasteiger partial charge in [0.1, 0.15) is 6.54 Å². The maximum Gasteiger partial charge on any atom is 0.194 e. The van der Waals surface area contributed by atoms with E-state index >= 15 is 0 Å². The molecule has 0 atom stereocenters. The zero-order valence-corrected chi connectivity index (χ0v) is 17.0. The molecule has 29 heavy (non-hydrogen) atoms. The SMILES string of the molecule is COc1cc(C[NH2+]C2CCCC2)ccc1OCc1nnnn1-c1ccc(C)cc1. The van der Waals surface area contributed by atoms with Crippen LogP contribution in [-0.4, -0.2) is 33.4 Å². The summed E-state index contributed by atoms with van der Waals surface area (Å²) in [7, 11) is 1.67. The van der Waals surface area contributed by atoms with Crippen LogP contribution in [0.4, 0.5) is 0 Å². The van der Waals surface area contributed by atoms with Crippen molar-refractivity contribution in [3.63, 3.8) is 0 Å². The van der Waals surface area contributed by atoms with Crippen molar-refractivity contribution in [2.75, 3.05) is 7.11 Å². The summed E-state index contributed by atoms with van der Waals surface area (Å²) in [6, 6.07) is 14.9. The van der Waals surface area contributed by atoms with E-state index in [9.17, 15) is 0 Å². The molecule has 1 aliphatic carbocycles. The van der Waals surface area contributed by atoms with Gasteiger partial charge in [-0.3, -0.25) is 0 Å². The molecule has 7 nitrogen and oxygen atoms in total. The molecule has 1 heterocycles. The first-order valence-electron chi connectivity index (χ1n) is 10.2. The Morgan fingerprint density at radius 3 is 2.62 bits per heavy atom. The fourth-order valence-corrected chi connectivity index (χ4v) is 3.78. The number of quaternary nitrogens is 1. The average Bonchev–Trinajstić information content (AvgIpc) is 3.43. The van der Waals surface area contributed by atoms with E-state index in [0.29, 0.717) is 11.6 Å². The number of aromatic nitrogens is 4. The lowest BCUT2D eigenvalue weighted by Crippen LogP contribution is -2.87. The number of nitrogens with zero attached hydrogens (tertiary/aromatic N) is 4. The number of aryl methyl sites for hydroxylation is 1. The molecule has 7 heteroatoms. The first-order valence-corrected chi connectivity index (χ1v) is 10.2. The molecule has 3 aromatic rings. The van der Waals surface area contributed by atoms with Crippen LogP contribution >= 0.6 is 0 Å². The summed E-state index contributed by atoms with van der Waals surface area (Å²) < 4.78 is 13.2. The molecule has 152 valence electrons. The Morgan fingerprint density at radius 1 is 1.07 bits per heavy atom. The summed E-state index contributed by atoms with van der Waals surface area (Å²) in [6.45, 7) is 3.27. The molecule has 0 amide bonds. The van der Waals surface area contributed by atoms with Gasteiger partial charge in [0.2, 0.25) is 0 Å². The van der Waals surface area contributed by atoms with E-state index in [1.807, 2.05) is 30.3 Å². The van der Waals surface area contributed by atoms with Gasteiger partial charge in [-0.25, -0.2) is 0 Å². The third-order valence-electron chi connectivity index (χ3n) is 5.48. The van der Waals surface area contributed by atoms with E-state index in [2.05, 4.69) is 39.9 Å². The Hall–Kier alpha value is -2.93. The molecule has 0 radical (unpaired) electrons. The first kappa shape index (κ1) is 19.4. The monoisotopic (exact) mass is 394 g/mol. The molecule has 0 saturated heterocycles. The van der Waals surface area contributed by atoms with Crippen LogP contribution < -0.4 is 14.8 Å². The predicted octanol–water partition coefficient (Wildman–Crippen LogP) is 2.56. The molecule has 1 saturated carbocycles. The van der Waals surface area contributed by atoms with Gasteiger partial charge in [0.15, 0.2) is 23.9 Å². The molecule has 1 fully saturated rings. The summed E-state index contributed by atoms with van der Waals surface area (Å²) in [5.74, 6) is 2.06. The van der Waals surface area contributed by atoms with E-state index in [-0.39, 0.29) is 6.61 Å². The van der Waals surface area contributed by atoms with Crippen molar-refractivity contribution in [2.24, 2.45) is 0 Å². The van der Waals surface area contributed by atoms with Crippen LogP contribution in [0.2, 0.25) is 0 Å². The smallest absolute Gasteiger partial charge is 0.194 e. The zero-order valence-electron chi connectivity index (χ0n) is 17.0. The number of methoxy groups -OCH3 is 1. The maximum absolute atomic E-state index is 5.99. The molecule has 0 unspecified atom stereocenters. The van der Waals surface area contributed by atoms with Crippen molar-refractivity contribution >= 4 is 0 Å². The van der Waals surface area contributed by atoms with E-state index in [1.54, 1.807) is 11.8 Å². The van der Waals surface area contributed by atoms with Crippen LogP contribution in [0, 0.1) is 6.92 Å². The first-order chi connectivity index (χ1) is 14.2. The normalized spacial score (nSPS) is 14.3. The van der Waals surface area contributed by atoms with Gasteiger partial charge in [-0.15, -0.1) is 5.10 Å². The number of tetrazole rings is 1. The van der Waals surface area contributed by atoms with Crippen molar-refractivity contribution in [3.05, 3.63) is 59.4 Å². The second kappa shape index (κ2) is 9.05. The molecule has 1 aliphatic rings. The van der Waals surface area contributed by atoms with Crippen molar-refractivity contribution in [2.45, 2.75) is 51.8 Å². The lowest BCUT2D eigenvalue weighted by Gasteiger charge is -2.13. The highest BCUT2D eigenvalue weighted by molar-refractivity contribution is 5.43. The summed E-state index contributed by atoms with van der Waals surface area (Å²) in [4.78, 5) is 0. The van der Waals surface area contributed by atoms with Gasteiger partial charge in [-0.1, -0.05) is 17.7 Å². The van der Waals surface area contributed by atoms with E-state index in [4.69, 9.17) is 9.47 Å². The summed E-state index contributed by atoms with van der Waals surface area (Å²) >= 11 is 0. The van der Waals surface area contributed by atoms with Crippen molar-refractivity contribution in [1.29, 1.82) is 0 Å². The minimum Gasteiger partial charge on any atom is -0.493 e. The minimum absolute atomic E-state index is 0.255. The van der Waals surface area contributed by atoms with Gasteiger partial charge < -0.3 is 14.8 Å². The minimum atomic E-state index is 0.255. The van der Waals surface area contributed by atoms with Crippen LogP contribution in [0.3, 0.4) is 0 Å². The Bertz CT molecular complexity index is 933. The van der Waals surface area contributed by atoms with Gasteiger partial charge in [0.05, 0.1) is 18.8 Å². The second-order valence-electron chi connectivity index (χ2n) is 7.60. The summed E-state index contributed by atoms with van der Waals surface area (Å²) in [5, 5.41) is 14.4. The topological polar surface area (TPSA) is 78.7 Å². The second-order valence-corrected chi connectivity index (χ2v) is 7.60. The Balaban J connectivity index is 1.42. The Labute approximate surface area is 171 Å². The number of hydrogen-bond donors (Lipinski definition) is 1. The fourth-order valence-electron chi connectivity index (χ4n) is 3.78. The number of rotatable bonds is 8. The van der Waals surface area contributed by atoms with Crippen LogP contribution in [0.15, 0.2) is 42.5 Å². The third kappa shape index (κ3) is 4.74. The summed E-state index contributed by atoms with van der Waals surface area (Å²) in [6.07, 6.45) is 5.38. The van der Waals surface area contributed by atoms with Crippen LogP contribution in [0.25, 0.3) is 5.69 Å². The van der Waals surface area contributed by atoms with E-state index in [1.165, 1.54) is 36.8 Å². The van der Waals surface area contributed by atoms with Crippen molar-refractivity contribution < 1.29 is 14.8 Å². The molecule has 4 rings (SSSR count). The van der Waals surface area contributed by atoms with Gasteiger partial charge >= 0.3 is 0 Å². The number of nitrogens with two attached hydrogens (primary N) is 1. The molecule has 2 N–H and O–H groups in total. The fraction of sp³-hybridized carbons (Fsp3) is 0.409. The quantitative estimate of drug-likeness (QED) is 0.635. The highest BCUT2D eigenvalue weighted by atomic mass is 16.5. The van der Waals surface area contributed by atoms with Crippen LogP contribution in [0.5, 0.6) is 11.5 Å². The standard InChI is InChI=1S/C22H27N5O2/c1-16-7-10-19(11-8-16)27-22(24-25-26-27)15-29-20-12-9-17(13-21(20)28-2)14-23-18-5-3-4-6-18/h7-13,18,23H,3-6,14-15H2,1-2H3/p+1. The molecule has 1 aromatic heterocycles. The molecule has 2 aromatic carbocycles. The predicted molar refractivity (Wildman–Crippen MR) is 109 cm³/mol. The van der Waals surface area contributed by atoms with Crippen molar-refractivity contribution in [1.82, 2.24) is 20.2 Å². The Kier molecular flexibility index (Phi) is 6.05. The molecular weight excluding hydrogens is 366 g/mol. The largest absolute Gasteiger partial charge is 0.493 e. The zero-order chi connectivity index (χ0) is 20.1. The van der Waals surface area contributed by atoms with E-state index in [0.717, 1.165) is 24.0 Å². The lowest BCUT2D eigenvalue weighted by atomic mass is 10.1. The van der Waals surface area contributed by atoms with Crippen LogP contribution in [-0.2, 0) is 13.2 Å². The van der Waals surface area contributed by atoms with Gasteiger partial charge in [-0.2, -0.15) is 4.68 Å². The molecular formula is C22H28N5O2+. The van der Waals surface area contributed by atoms with Gasteiger partial charge in [0.25, 0.3) is 0 Å². The molecule has 0 aliphatic heterocycles. The van der Waals surface area contributed by atoms with Gasteiger partial charge in [0, 0.05) is 5.56 Å². The number of ether oxygens (including phenoxy) is 2. The highest BCUT2D eigenvalue weighted by Crippen LogP contribution is 2.28. The lowest BCUT2D eigenvalue weighted by molar-refractivity contribution is -0.703. The molecule has 0 bridgehead atoms. The number of hydrogen-bond acceptors (Lipinski definition) is 5. The summed E-state index contributed by atoms with van der Waals surface area (Å²) in [5.41, 5.74) is 3.34. The van der Waals surface area contributed by atoms with Crippen LogP contribution in [0.1, 0.15) is 42.6 Å². The molecule has 0 spiro atoms. The van der Waals surface area contributed by atoms with Gasteiger partial charge in [-0.05, 0) is 73.4 Å². The third-order valence-corrected chi connectivity index (χ3v) is 5.48. The van der Waals surface area contributed by atoms with Crippen molar-refractivity contribution in [3.8, 4) is 17.2 Å². The maximum atomic E-state index is 5.99. The highest BCUT2D eigenvalue weighted by Gasteiger charge is 2.18. The average molecular weight is 394 g/mol. The van der Waals surface area contributed by atoms with E-state index < -0.39 is 0 Å².